The average Bonchev–Trinajstić information content (AvgIpc) is 3.18. The third-order valence-electron chi connectivity index (χ3n) is 5.00. The van der Waals surface area contributed by atoms with Crippen LogP contribution in [0.2, 0.25) is 0 Å². The second-order valence-electron chi connectivity index (χ2n) is 6.95. The summed E-state index contributed by atoms with van der Waals surface area (Å²) in [5.74, 6) is 1.19. The lowest BCUT2D eigenvalue weighted by atomic mass is 10.1. The van der Waals surface area contributed by atoms with Crippen LogP contribution in [0, 0.1) is 13.8 Å². The fourth-order valence-electron chi connectivity index (χ4n) is 3.42. The van der Waals surface area contributed by atoms with Crippen molar-refractivity contribution in [2.24, 2.45) is 0 Å². The maximum atomic E-state index is 12.6. The highest BCUT2D eigenvalue weighted by Crippen LogP contribution is 2.40. The van der Waals surface area contributed by atoms with Gasteiger partial charge in [-0.3, -0.25) is 9.59 Å². The van der Waals surface area contributed by atoms with Crippen LogP contribution in [0.3, 0.4) is 0 Å². The number of nitrogens with zero attached hydrogens (tertiary/aromatic N) is 3. The highest BCUT2D eigenvalue weighted by Gasteiger charge is 2.28. The Kier molecular flexibility index (Phi) is 4.19. The van der Waals surface area contributed by atoms with Crippen LogP contribution >= 0.6 is 11.3 Å². The second-order valence-corrected chi connectivity index (χ2v) is 7.95. The van der Waals surface area contributed by atoms with Crippen molar-refractivity contribution in [2.45, 2.75) is 45.4 Å². The third-order valence-corrected chi connectivity index (χ3v) is 6.18. The monoisotopic (exact) mass is 358 g/mol. The Morgan fingerprint density at radius 3 is 2.60 bits per heavy atom. The minimum atomic E-state index is -0.194. The molecule has 3 heterocycles. The summed E-state index contributed by atoms with van der Waals surface area (Å²) in [7, 11) is 0. The molecular formula is C18H22N4O2S. The van der Waals surface area contributed by atoms with E-state index in [2.05, 4.69) is 15.3 Å². The highest BCUT2D eigenvalue weighted by atomic mass is 32.1. The lowest BCUT2D eigenvalue weighted by molar-refractivity contribution is -0.129. The zero-order valence-corrected chi connectivity index (χ0v) is 15.4. The molecule has 6 nitrogen and oxygen atoms in total. The molecule has 2 aromatic rings. The van der Waals surface area contributed by atoms with Crippen LogP contribution in [0.25, 0.3) is 10.2 Å². The molecule has 2 aromatic heterocycles. The average molecular weight is 358 g/mol. The van der Waals surface area contributed by atoms with Crippen LogP contribution in [0.5, 0.6) is 0 Å². The number of likely N-dealkylation sites (tertiary alicyclic amines) is 1. The van der Waals surface area contributed by atoms with Crippen LogP contribution < -0.4 is 5.32 Å². The first kappa shape index (κ1) is 16.4. The van der Waals surface area contributed by atoms with E-state index in [1.54, 1.807) is 0 Å². The minimum Gasteiger partial charge on any atom is -0.342 e. The largest absolute Gasteiger partial charge is 0.342 e. The van der Waals surface area contributed by atoms with Gasteiger partial charge in [-0.2, -0.15) is 0 Å². The minimum absolute atomic E-state index is 0.00314. The Morgan fingerprint density at radius 1 is 1.20 bits per heavy atom. The molecular weight excluding hydrogens is 336 g/mol. The van der Waals surface area contributed by atoms with Crippen molar-refractivity contribution in [1.82, 2.24) is 20.2 Å². The maximum Gasteiger partial charge on any atom is 0.262 e. The van der Waals surface area contributed by atoms with Crippen LogP contribution in [0.1, 0.15) is 58.4 Å². The molecule has 1 N–H and O–H groups in total. The van der Waals surface area contributed by atoms with Crippen molar-refractivity contribution >= 4 is 33.4 Å². The van der Waals surface area contributed by atoms with E-state index in [9.17, 15) is 9.59 Å². The molecule has 4 rings (SSSR count). The summed E-state index contributed by atoms with van der Waals surface area (Å²) < 4.78 is 0. The molecule has 0 unspecified atom stereocenters. The van der Waals surface area contributed by atoms with Crippen molar-refractivity contribution in [3.8, 4) is 0 Å². The Bertz CT molecular complexity index is 850. The number of hydrogen-bond donors (Lipinski definition) is 1. The third kappa shape index (κ3) is 3.13. The molecule has 132 valence electrons. The first-order valence-corrected chi connectivity index (χ1v) is 9.70. The Morgan fingerprint density at radius 2 is 1.92 bits per heavy atom. The van der Waals surface area contributed by atoms with E-state index >= 15 is 0 Å². The number of carbonyl (C=O) groups excluding carboxylic acids is 2. The van der Waals surface area contributed by atoms with Crippen molar-refractivity contribution in [3.05, 3.63) is 22.0 Å². The van der Waals surface area contributed by atoms with Crippen molar-refractivity contribution in [1.29, 1.82) is 0 Å². The summed E-state index contributed by atoms with van der Waals surface area (Å²) in [6.45, 7) is 5.58. The van der Waals surface area contributed by atoms with Crippen LogP contribution in [-0.4, -0.2) is 46.3 Å². The molecule has 1 aliphatic carbocycles. The van der Waals surface area contributed by atoms with Gasteiger partial charge in [-0.15, -0.1) is 11.3 Å². The number of fused-ring (bicyclic) bond motifs is 1. The molecule has 0 aromatic carbocycles. The van der Waals surface area contributed by atoms with Gasteiger partial charge < -0.3 is 10.2 Å². The number of aryl methyl sites for hydroxylation is 2. The lowest BCUT2D eigenvalue weighted by Gasteiger charge is -2.15. The normalized spacial score (nSPS) is 17.3. The Hall–Kier alpha value is -2.02. The van der Waals surface area contributed by atoms with Gasteiger partial charge in [0.1, 0.15) is 10.7 Å². The van der Waals surface area contributed by atoms with E-state index in [0.29, 0.717) is 10.8 Å². The number of nitrogens with one attached hydrogen (secondary N) is 1. The van der Waals surface area contributed by atoms with E-state index in [4.69, 9.17) is 0 Å². The zero-order chi connectivity index (χ0) is 17.6. The second kappa shape index (κ2) is 6.37. The summed E-state index contributed by atoms with van der Waals surface area (Å²) in [5.41, 5.74) is 1.85. The predicted molar refractivity (Wildman–Crippen MR) is 97.0 cm³/mol. The van der Waals surface area contributed by atoms with Crippen LogP contribution in [-0.2, 0) is 4.79 Å². The molecule has 0 bridgehead atoms. The molecule has 0 radical (unpaired) electrons. The summed E-state index contributed by atoms with van der Waals surface area (Å²) in [4.78, 5) is 37.3. The van der Waals surface area contributed by atoms with Gasteiger partial charge in [0, 0.05) is 24.4 Å². The van der Waals surface area contributed by atoms with Gasteiger partial charge in [0.2, 0.25) is 5.91 Å². The van der Waals surface area contributed by atoms with Crippen molar-refractivity contribution in [2.75, 3.05) is 19.6 Å². The predicted octanol–water partition coefficient (Wildman–Crippen LogP) is 2.54. The molecule has 2 amide bonds. The topological polar surface area (TPSA) is 75.2 Å². The van der Waals surface area contributed by atoms with Gasteiger partial charge in [-0.05, 0) is 45.1 Å². The fourth-order valence-corrected chi connectivity index (χ4v) is 4.57. The molecule has 2 fully saturated rings. The van der Waals surface area contributed by atoms with Crippen molar-refractivity contribution < 1.29 is 9.59 Å². The van der Waals surface area contributed by atoms with Gasteiger partial charge in [0.25, 0.3) is 5.91 Å². The summed E-state index contributed by atoms with van der Waals surface area (Å²) in [6.07, 6.45) is 4.41. The standard InChI is InChI=1S/C18H22N4O2S/c1-10-14-11(2)20-16(12-5-6-12)21-18(14)25-15(10)17(24)19-9-13(23)22-7-3-4-8-22/h12H,3-9H2,1-2H3,(H,19,24). The first-order chi connectivity index (χ1) is 12.0. The van der Waals surface area contributed by atoms with Gasteiger partial charge in [-0.25, -0.2) is 9.97 Å². The summed E-state index contributed by atoms with van der Waals surface area (Å²) >= 11 is 1.40. The van der Waals surface area contributed by atoms with E-state index in [-0.39, 0.29) is 18.4 Å². The van der Waals surface area contributed by atoms with Gasteiger partial charge in [0.15, 0.2) is 0 Å². The Labute approximate surface area is 150 Å². The van der Waals surface area contributed by atoms with E-state index in [1.807, 2.05) is 18.7 Å². The fraction of sp³-hybridized carbons (Fsp3) is 0.556. The Balaban J connectivity index is 1.53. The van der Waals surface area contributed by atoms with Gasteiger partial charge >= 0.3 is 0 Å². The smallest absolute Gasteiger partial charge is 0.262 e. The molecule has 0 spiro atoms. The summed E-state index contributed by atoms with van der Waals surface area (Å²) in [5, 5.41) is 3.76. The first-order valence-electron chi connectivity index (χ1n) is 8.88. The number of hydrogen-bond acceptors (Lipinski definition) is 5. The van der Waals surface area contributed by atoms with E-state index in [1.165, 1.54) is 11.3 Å². The van der Waals surface area contributed by atoms with Crippen LogP contribution in [0.15, 0.2) is 0 Å². The van der Waals surface area contributed by atoms with E-state index < -0.39 is 0 Å². The summed E-state index contributed by atoms with van der Waals surface area (Å²) in [6, 6.07) is 0. The molecule has 0 atom stereocenters. The number of amides is 2. The quantitative estimate of drug-likeness (QED) is 0.911. The molecule has 1 saturated heterocycles. The van der Waals surface area contributed by atoms with Gasteiger partial charge in [0.05, 0.1) is 17.1 Å². The number of carbonyl (C=O) groups is 2. The van der Waals surface area contributed by atoms with Gasteiger partial charge in [-0.1, -0.05) is 0 Å². The molecule has 7 heteroatoms. The number of thiophene rings is 1. The number of rotatable bonds is 4. The molecule has 2 aliphatic rings. The molecule has 1 aliphatic heterocycles. The van der Waals surface area contributed by atoms with Crippen LogP contribution in [0.4, 0.5) is 0 Å². The SMILES string of the molecule is Cc1nc(C2CC2)nc2sc(C(=O)NCC(=O)N3CCCC3)c(C)c12. The zero-order valence-electron chi connectivity index (χ0n) is 14.6. The highest BCUT2D eigenvalue weighted by molar-refractivity contribution is 7.20. The lowest BCUT2D eigenvalue weighted by Crippen LogP contribution is -2.38. The van der Waals surface area contributed by atoms with E-state index in [0.717, 1.165) is 66.1 Å². The molecule has 1 saturated carbocycles. The maximum absolute atomic E-state index is 12.6. The molecule has 25 heavy (non-hydrogen) atoms. The van der Waals surface area contributed by atoms with Crippen molar-refractivity contribution in [3.63, 3.8) is 0 Å². The number of aromatic nitrogens is 2.